The standard InChI is InChI=1S/C7H9BrClNO2S2/c1-10(14(11,12)5-9)3-6-2-7(8)13-4-6/h2,4H,3,5H2,1H3. The SMILES string of the molecule is CN(Cc1csc(Br)c1)S(=O)(=O)CCl. The summed E-state index contributed by atoms with van der Waals surface area (Å²) in [6.07, 6.45) is 0. The minimum absolute atomic E-state index is 0.358. The van der Waals surface area contributed by atoms with Crippen molar-refractivity contribution in [2.24, 2.45) is 0 Å². The van der Waals surface area contributed by atoms with E-state index in [0.29, 0.717) is 6.54 Å². The van der Waals surface area contributed by atoms with Crippen LogP contribution in [0.2, 0.25) is 0 Å². The summed E-state index contributed by atoms with van der Waals surface area (Å²) in [5, 5.41) is 1.53. The molecule has 1 heterocycles. The second kappa shape index (κ2) is 4.94. The van der Waals surface area contributed by atoms with Crippen molar-refractivity contribution in [3.63, 3.8) is 0 Å². The molecule has 0 fully saturated rings. The van der Waals surface area contributed by atoms with Crippen LogP contribution in [0.3, 0.4) is 0 Å². The molecule has 14 heavy (non-hydrogen) atoms. The van der Waals surface area contributed by atoms with Crippen LogP contribution in [-0.4, -0.2) is 25.0 Å². The molecule has 0 atom stereocenters. The number of alkyl halides is 1. The molecular weight excluding hydrogens is 310 g/mol. The minimum atomic E-state index is -3.30. The fourth-order valence-corrected chi connectivity index (χ4v) is 3.08. The van der Waals surface area contributed by atoms with E-state index in [1.54, 1.807) is 0 Å². The van der Waals surface area contributed by atoms with Crippen LogP contribution in [0.15, 0.2) is 15.2 Å². The lowest BCUT2D eigenvalue weighted by atomic mass is 10.3. The largest absolute Gasteiger partial charge is 0.228 e. The van der Waals surface area contributed by atoms with Gasteiger partial charge in [0.2, 0.25) is 10.0 Å². The summed E-state index contributed by atoms with van der Waals surface area (Å²) in [6, 6.07) is 1.89. The summed E-state index contributed by atoms with van der Waals surface area (Å²) in [6.45, 7) is 0.358. The zero-order valence-electron chi connectivity index (χ0n) is 7.41. The first-order valence-corrected chi connectivity index (χ1v) is 7.50. The topological polar surface area (TPSA) is 37.4 Å². The van der Waals surface area contributed by atoms with Crippen LogP contribution in [0, 0.1) is 0 Å². The molecule has 0 spiro atoms. The Bertz CT molecular complexity index is 404. The highest BCUT2D eigenvalue weighted by molar-refractivity contribution is 9.11. The highest BCUT2D eigenvalue weighted by Crippen LogP contribution is 2.22. The van der Waals surface area contributed by atoms with Crippen LogP contribution in [0.25, 0.3) is 0 Å². The van der Waals surface area contributed by atoms with Crippen LogP contribution in [0.1, 0.15) is 5.56 Å². The molecule has 80 valence electrons. The Morgan fingerprint density at radius 3 is 2.71 bits per heavy atom. The Morgan fingerprint density at radius 1 is 1.64 bits per heavy atom. The Balaban J connectivity index is 2.71. The molecule has 0 radical (unpaired) electrons. The van der Waals surface area contributed by atoms with Crippen molar-refractivity contribution in [3.05, 3.63) is 20.8 Å². The van der Waals surface area contributed by atoms with Gasteiger partial charge in [0.25, 0.3) is 0 Å². The first-order valence-electron chi connectivity index (χ1n) is 3.68. The number of thiophene rings is 1. The van der Waals surface area contributed by atoms with E-state index in [1.165, 1.54) is 22.7 Å². The van der Waals surface area contributed by atoms with Gasteiger partial charge in [0.05, 0.1) is 3.79 Å². The van der Waals surface area contributed by atoms with Gasteiger partial charge in [0, 0.05) is 13.6 Å². The highest BCUT2D eigenvalue weighted by Gasteiger charge is 2.16. The molecule has 0 aromatic carbocycles. The zero-order valence-corrected chi connectivity index (χ0v) is 11.4. The number of halogens is 2. The number of sulfonamides is 1. The lowest BCUT2D eigenvalue weighted by Crippen LogP contribution is -2.26. The summed E-state index contributed by atoms with van der Waals surface area (Å²) >= 11 is 10.2. The molecule has 1 rings (SSSR count). The Morgan fingerprint density at radius 2 is 2.29 bits per heavy atom. The van der Waals surface area contributed by atoms with Gasteiger partial charge in [-0.2, -0.15) is 4.31 Å². The predicted octanol–water partition coefficient (Wildman–Crippen LogP) is 2.47. The van der Waals surface area contributed by atoms with Crippen molar-refractivity contribution in [2.45, 2.75) is 6.54 Å². The lowest BCUT2D eigenvalue weighted by Gasteiger charge is -2.13. The third-order valence-corrected chi connectivity index (χ3v) is 5.37. The molecule has 0 amide bonds. The molecule has 7 heteroatoms. The number of rotatable bonds is 4. The van der Waals surface area contributed by atoms with Gasteiger partial charge in [0.1, 0.15) is 5.21 Å². The Kier molecular flexibility index (Phi) is 4.39. The Labute approximate surface area is 101 Å². The maximum Gasteiger partial charge on any atom is 0.228 e. The monoisotopic (exact) mass is 317 g/mol. The van der Waals surface area contributed by atoms with E-state index in [0.717, 1.165) is 9.35 Å². The van der Waals surface area contributed by atoms with Crippen LogP contribution < -0.4 is 0 Å². The van der Waals surface area contributed by atoms with Crippen molar-refractivity contribution in [3.8, 4) is 0 Å². The van der Waals surface area contributed by atoms with Crippen LogP contribution >= 0.6 is 38.9 Å². The van der Waals surface area contributed by atoms with E-state index in [9.17, 15) is 8.42 Å². The summed E-state index contributed by atoms with van der Waals surface area (Å²) < 4.78 is 24.8. The zero-order chi connectivity index (χ0) is 10.8. The van der Waals surface area contributed by atoms with Crippen molar-refractivity contribution >= 4 is 48.9 Å². The van der Waals surface area contributed by atoms with Crippen molar-refractivity contribution < 1.29 is 8.42 Å². The maximum atomic E-state index is 11.3. The second-order valence-electron chi connectivity index (χ2n) is 2.74. The molecule has 0 saturated carbocycles. The van der Waals surface area contributed by atoms with E-state index in [2.05, 4.69) is 15.9 Å². The molecule has 0 aliphatic carbocycles. The third kappa shape index (κ3) is 3.20. The molecular formula is C7H9BrClNO2S2. The molecule has 3 nitrogen and oxygen atoms in total. The number of hydrogen-bond acceptors (Lipinski definition) is 3. The number of hydrogen-bond donors (Lipinski definition) is 0. The molecule has 0 saturated heterocycles. The van der Waals surface area contributed by atoms with Gasteiger partial charge in [-0.05, 0) is 32.9 Å². The molecule has 0 aliphatic heterocycles. The fraction of sp³-hybridized carbons (Fsp3) is 0.429. The van der Waals surface area contributed by atoms with E-state index >= 15 is 0 Å². The molecule has 0 N–H and O–H groups in total. The maximum absolute atomic E-state index is 11.3. The van der Waals surface area contributed by atoms with Gasteiger partial charge in [0.15, 0.2) is 0 Å². The van der Waals surface area contributed by atoms with Gasteiger partial charge < -0.3 is 0 Å². The molecule has 1 aromatic rings. The fourth-order valence-electron chi connectivity index (χ4n) is 0.867. The molecule has 0 bridgehead atoms. The van der Waals surface area contributed by atoms with Crippen LogP contribution in [-0.2, 0) is 16.6 Å². The van der Waals surface area contributed by atoms with E-state index < -0.39 is 10.0 Å². The minimum Gasteiger partial charge on any atom is -0.211 e. The van der Waals surface area contributed by atoms with Gasteiger partial charge in [-0.3, -0.25) is 0 Å². The van der Waals surface area contributed by atoms with Crippen LogP contribution in [0.5, 0.6) is 0 Å². The first-order chi connectivity index (χ1) is 6.45. The van der Waals surface area contributed by atoms with Crippen molar-refractivity contribution in [1.82, 2.24) is 4.31 Å². The quantitative estimate of drug-likeness (QED) is 0.800. The summed E-state index contributed by atoms with van der Waals surface area (Å²) in [7, 11) is -1.78. The molecule has 1 aromatic heterocycles. The average molecular weight is 319 g/mol. The normalized spacial score (nSPS) is 12.3. The van der Waals surface area contributed by atoms with Gasteiger partial charge in [-0.25, -0.2) is 8.42 Å². The Hall–Kier alpha value is 0.380. The smallest absolute Gasteiger partial charge is 0.211 e. The predicted molar refractivity (Wildman–Crippen MR) is 63.1 cm³/mol. The number of nitrogens with zero attached hydrogens (tertiary/aromatic N) is 1. The summed E-state index contributed by atoms with van der Waals surface area (Å²) in [4.78, 5) is 0. The summed E-state index contributed by atoms with van der Waals surface area (Å²) in [5.74, 6) is 0. The average Bonchev–Trinajstić information content (AvgIpc) is 2.51. The second-order valence-corrected chi connectivity index (χ2v) is 7.69. The third-order valence-electron chi connectivity index (χ3n) is 1.64. The van der Waals surface area contributed by atoms with Gasteiger partial charge in [-0.15, -0.1) is 22.9 Å². The van der Waals surface area contributed by atoms with E-state index in [-0.39, 0.29) is 5.21 Å². The van der Waals surface area contributed by atoms with E-state index in [1.807, 2.05) is 11.4 Å². The molecule has 0 aliphatic rings. The van der Waals surface area contributed by atoms with Crippen LogP contribution in [0.4, 0.5) is 0 Å². The van der Waals surface area contributed by atoms with Crippen molar-refractivity contribution in [2.75, 3.05) is 12.3 Å². The lowest BCUT2D eigenvalue weighted by molar-refractivity contribution is 0.471. The van der Waals surface area contributed by atoms with Gasteiger partial charge >= 0.3 is 0 Å². The summed E-state index contributed by atoms with van der Waals surface area (Å²) in [5.41, 5.74) is 0.957. The first kappa shape index (κ1) is 12.4. The van der Waals surface area contributed by atoms with E-state index in [4.69, 9.17) is 11.6 Å². The van der Waals surface area contributed by atoms with Gasteiger partial charge in [-0.1, -0.05) is 0 Å². The van der Waals surface area contributed by atoms with Crippen molar-refractivity contribution in [1.29, 1.82) is 0 Å². The molecule has 0 unspecified atom stereocenters. The highest BCUT2D eigenvalue weighted by atomic mass is 79.9.